The van der Waals surface area contributed by atoms with Crippen LogP contribution in [-0.4, -0.2) is 51.1 Å². The average molecular weight is 463 g/mol. The van der Waals surface area contributed by atoms with Crippen LogP contribution < -0.4 is 10.1 Å². The number of carbonyl (C=O) groups is 1. The summed E-state index contributed by atoms with van der Waals surface area (Å²) < 4.78 is 32.7. The standard InChI is InChI=1S/C23H30N2O4S2/c1-18-7-6-8-19(15-18)17-30-14-11-24-23(26)21-16-20(9-10-22(21)29-2)31(27,28)25-12-4-3-5-13-25/h6-10,15-16H,3-5,11-14,17H2,1-2H3,(H,24,26). The van der Waals surface area contributed by atoms with Gasteiger partial charge in [0.2, 0.25) is 10.0 Å². The smallest absolute Gasteiger partial charge is 0.255 e. The Morgan fingerprint density at radius 2 is 1.90 bits per heavy atom. The Balaban J connectivity index is 1.61. The number of hydrogen-bond donors (Lipinski definition) is 1. The van der Waals surface area contributed by atoms with Gasteiger partial charge in [-0.25, -0.2) is 8.42 Å². The van der Waals surface area contributed by atoms with Gasteiger partial charge in [0.1, 0.15) is 5.75 Å². The first-order valence-corrected chi connectivity index (χ1v) is 13.1. The third-order valence-electron chi connectivity index (χ3n) is 5.25. The molecule has 0 spiro atoms. The molecular formula is C23H30N2O4S2. The van der Waals surface area contributed by atoms with Gasteiger partial charge in [0, 0.05) is 31.1 Å². The topological polar surface area (TPSA) is 75.7 Å². The summed E-state index contributed by atoms with van der Waals surface area (Å²) in [6.07, 6.45) is 2.77. The van der Waals surface area contributed by atoms with Crippen LogP contribution in [0.5, 0.6) is 5.75 Å². The van der Waals surface area contributed by atoms with Crippen LogP contribution in [-0.2, 0) is 15.8 Å². The van der Waals surface area contributed by atoms with Crippen molar-refractivity contribution in [3.8, 4) is 5.75 Å². The van der Waals surface area contributed by atoms with Crippen molar-refractivity contribution in [3.63, 3.8) is 0 Å². The molecule has 1 aliphatic rings. The molecule has 0 bridgehead atoms. The number of methoxy groups -OCH3 is 1. The van der Waals surface area contributed by atoms with Gasteiger partial charge in [-0.3, -0.25) is 4.79 Å². The number of piperidine rings is 1. The maximum atomic E-state index is 13.0. The highest BCUT2D eigenvalue weighted by atomic mass is 32.2. The third kappa shape index (κ3) is 6.24. The van der Waals surface area contributed by atoms with Crippen molar-refractivity contribution < 1.29 is 17.9 Å². The van der Waals surface area contributed by atoms with E-state index in [2.05, 4.69) is 30.4 Å². The zero-order valence-electron chi connectivity index (χ0n) is 18.1. The summed E-state index contributed by atoms with van der Waals surface area (Å²) in [6, 6.07) is 12.9. The molecule has 1 fully saturated rings. The molecule has 0 saturated carbocycles. The molecule has 2 aromatic rings. The molecule has 2 aromatic carbocycles. The minimum absolute atomic E-state index is 0.133. The van der Waals surface area contributed by atoms with Crippen molar-refractivity contribution in [2.75, 3.05) is 32.5 Å². The van der Waals surface area contributed by atoms with Crippen molar-refractivity contribution in [2.45, 2.75) is 36.8 Å². The SMILES string of the molecule is COc1ccc(S(=O)(=O)N2CCCCC2)cc1C(=O)NCCSCc1cccc(C)c1. The normalized spacial score (nSPS) is 14.9. The Morgan fingerprint density at radius 3 is 2.61 bits per heavy atom. The molecule has 1 aliphatic heterocycles. The number of amides is 1. The Morgan fingerprint density at radius 1 is 1.13 bits per heavy atom. The minimum atomic E-state index is -3.61. The molecule has 8 heteroatoms. The van der Waals surface area contributed by atoms with E-state index in [9.17, 15) is 13.2 Å². The first-order valence-electron chi connectivity index (χ1n) is 10.5. The molecule has 1 saturated heterocycles. The number of nitrogens with one attached hydrogen (secondary N) is 1. The van der Waals surface area contributed by atoms with E-state index in [0.717, 1.165) is 30.8 Å². The van der Waals surface area contributed by atoms with Crippen molar-refractivity contribution in [2.24, 2.45) is 0 Å². The van der Waals surface area contributed by atoms with Crippen molar-refractivity contribution in [1.29, 1.82) is 0 Å². The van der Waals surface area contributed by atoms with Crippen molar-refractivity contribution >= 4 is 27.7 Å². The fourth-order valence-corrected chi connectivity index (χ4v) is 5.95. The fraction of sp³-hybridized carbons (Fsp3) is 0.435. The molecule has 168 valence electrons. The molecule has 0 atom stereocenters. The number of ether oxygens (including phenoxy) is 1. The van der Waals surface area contributed by atoms with Crippen molar-refractivity contribution in [1.82, 2.24) is 9.62 Å². The van der Waals surface area contributed by atoms with E-state index < -0.39 is 10.0 Å². The number of sulfonamides is 1. The molecule has 0 aromatic heterocycles. The summed E-state index contributed by atoms with van der Waals surface area (Å²) in [5.74, 6) is 1.67. The number of thioether (sulfide) groups is 1. The van der Waals surface area contributed by atoms with Crippen LogP contribution in [0.25, 0.3) is 0 Å². The van der Waals surface area contributed by atoms with Crippen LogP contribution in [0.4, 0.5) is 0 Å². The number of benzene rings is 2. The molecule has 0 unspecified atom stereocenters. The molecule has 3 rings (SSSR count). The first-order chi connectivity index (χ1) is 14.9. The van der Waals surface area contributed by atoms with Gasteiger partial charge >= 0.3 is 0 Å². The van der Waals surface area contributed by atoms with E-state index in [4.69, 9.17) is 4.74 Å². The highest BCUT2D eigenvalue weighted by molar-refractivity contribution is 7.98. The lowest BCUT2D eigenvalue weighted by molar-refractivity contribution is 0.0953. The van der Waals surface area contributed by atoms with E-state index >= 15 is 0 Å². The van der Waals surface area contributed by atoms with Gasteiger partial charge in [-0.15, -0.1) is 0 Å². The quantitative estimate of drug-likeness (QED) is 0.573. The van der Waals surface area contributed by atoms with Crippen LogP contribution in [0.3, 0.4) is 0 Å². The van der Waals surface area contributed by atoms with Crippen LogP contribution in [0.15, 0.2) is 47.4 Å². The summed E-state index contributed by atoms with van der Waals surface area (Å²) >= 11 is 1.74. The van der Waals surface area contributed by atoms with Gasteiger partial charge in [-0.05, 0) is 43.5 Å². The summed E-state index contributed by atoms with van der Waals surface area (Å²) in [7, 11) is -2.14. The highest BCUT2D eigenvalue weighted by Gasteiger charge is 2.27. The second kappa shape index (κ2) is 11.0. The fourth-order valence-electron chi connectivity index (χ4n) is 3.60. The second-order valence-corrected chi connectivity index (χ2v) is 10.7. The molecule has 1 heterocycles. The highest BCUT2D eigenvalue weighted by Crippen LogP contribution is 2.26. The minimum Gasteiger partial charge on any atom is -0.496 e. The van der Waals surface area contributed by atoms with E-state index in [0.29, 0.717) is 25.4 Å². The van der Waals surface area contributed by atoms with Gasteiger partial charge in [0.05, 0.1) is 17.6 Å². The average Bonchev–Trinajstić information content (AvgIpc) is 2.79. The number of aryl methyl sites for hydroxylation is 1. The lowest BCUT2D eigenvalue weighted by Crippen LogP contribution is -2.35. The maximum absolute atomic E-state index is 13.0. The van der Waals surface area contributed by atoms with Crippen LogP contribution in [0.2, 0.25) is 0 Å². The molecule has 1 N–H and O–H groups in total. The van der Waals surface area contributed by atoms with Crippen LogP contribution in [0, 0.1) is 6.92 Å². The van der Waals surface area contributed by atoms with E-state index in [1.807, 2.05) is 6.07 Å². The second-order valence-electron chi connectivity index (χ2n) is 7.62. The molecule has 31 heavy (non-hydrogen) atoms. The molecule has 0 radical (unpaired) electrons. The Labute approximate surface area is 189 Å². The van der Waals surface area contributed by atoms with Crippen LogP contribution in [0.1, 0.15) is 40.7 Å². The van der Waals surface area contributed by atoms with Gasteiger partial charge < -0.3 is 10.1 Å². The lowest BCUT2D eigenvalue weighted by Gasteiger charge is -2.26. The summed E-state index contributed by atoms with van der Waals surface area (Å²) in [5.41, 5.74) is 2.73. The number of carbonyl (C=O) groups excluding carboxylic acids is 1. The summed E-state index contributed by atoms with van der Waals surface area (Å²) in [6.45, 7) is 3.60. The molecular weight excluding hydrogens is 432 g/mol. The number of nitrogens with zero attached hydrogens (tertiary/aromatic N) is 1. The predicted octanol–water partition coefficient (Wildman–Crippen LogP) is 3.84. The van der Waals surface area contributed by atoms with Gasteiger partial charge in [-0.1, -0.05) is 36.2 Å². The largest absolute Gasteiger partial charge is 0.496 e. The molecule has 6 nitrogen and oxygen atoms in total. The zero-order chi connectivity index (χ0) is 22.3. The summed E-state index contributed by atoms with van der Waals surface area (Å²) in [4.78, 5) is 12.9. The summed E-state index contributed by atoms with van der Waals surface area (Å²) in [5, 5.41) is 2.88. The molecule has 0 aliphatic carbocycles. The van der Waals surface area contributed by atoms with E-state index in [1.54, 1.807) is 17.8 Å². The Bertz CT molecular complexity index is 1000. The third-order valence-corrected chi connectivity index (χ3v) is 8.18. The van der Waals surface area contributed by atoms with E-state index in [-0.39, 0.29) is 16.4 Å². The lowest BCUT2D eigenvalue weighted by atomic mass is 10.2. The Hall–Kier alpha value is -2.03. The zero-order valence-corrected chi connectivity index (χ0v) is 19.7. The van der Waals surface area contributed by atoms with Gasteiger partial charge in [0.25, 0.3) is 5.91 Å². The predicted molar refractivity (Wildman–Crippen MR) is 125 cm³/mol. The molecule has 1 amide bonds. The van der Waals surface area contributed by atoms with Crippen LogP contribution >= 0.6 is 11.8 Å². The van der Waals surface area contributed by atoms with Gasteiger partial charge in [0.15, 0.2) is 0 Å². The maximum Gasteiger partial charge on any atom is 0.255 e. The monoisotopic (exact) mass is 462 g/mol. The Kier molecular flexibility index (Phi) is 8.40. The number of rotatable bonds is 9. The van der Waals surface area contributed by atoms with E-state index in [1.165, 1.54) is 34.7 Å². The van der Waals surface area contributed by atoms with Gasteiger partial charge in [-0.2, -0.15) is 16.1 Å². The first kappa shape index (κ1) is 23.6. The number of hydrogen-bond acceptors (Lipinski definition) is 5. The van der Waals surface area contributed by atoms with Crippen molar-refractivity contribution in [3.05, 3.63) is 59.2 Å².